The average molecular weight is 776 g/mol. The number of rotatable bonds is 10. The highest BCUT2D eigenvalue weighted by Crippen LogP contribution is 2.31. The fourth-order valence-electron chi connectivity index (χ4n) is 5.73. The first-order valence-corrected chi connectivity index (χ1v) is 18.0. The van der Waals surface area contributed by atoms with Crippen LogP contribution < -0.4 is 10.6 Å². The summed E-state index contributed by atoms with van der Waals surface area (Å²) < 4.78 is 26.9. The number of aryl methyl sites for hydroxylation is 1. The van der Waals surface area contributed by atoms with E-state index in [0.717, 1.165) is 46.8 Å². The van der Waals surface area contributed by atoms with Crippen molar-refractivity contribution in [2.75, 3.05) is 31.3 Å². The van der Waals surface area contributed by atoms with Gasteiger partial charge in [0, 0.05) is 58.9 Å². The molecule has 8 aromatic rings. The fraction of sp³-hybridized carbons (Fsp3) is 0.122. The molecule has 0 aliphatic heterocycles. The van der Waals surface area contributed by atoms with E-state index in [2.05, 4.69) is 66.7 Å². The van der Waals surface area contributed by atoms with Gasteiger partial charge in [0.05, 0.1) is 20.9 Å². The number of benzene rings is 3. The Balaban J connectivity index is 0.000000174. The predicted molar refractivity (Wildman–Crippen MR) is 216 cm³/mol. The van der Waals surface area contributed by atoms with Crippen molar-refractivity contribution < 1.29 is 8.78 Å². The maximum absolute atomic E-state index is 13.6. The maximum atomic E-state index is 13.6. The van der Waals surface area contributed by atoms with Crippen molar-refractivity contribution in [3.8, 4) is 22.8 Å². The van der Waals surface area contributed by atoms with Crippen LogP contribution in [0.4, 0.5) is 31.8 Å². The van der Waals surface area contributed by atoms with E-state index < -0.39 is 11.6 Å². The standard InChI is InChI=1S/C24H23ClFN5.C17H11ClFN5/c1-31(2)12-4-5-16-7-10-22-19(13-16)24(28-18-8-9-21(26)20(25)14-18)30-23(29-22)17-6-3-11-27-15-17;18-13-8-11(3-4-14(13)19)22-17-12-5-7-21-16(12)23-15(24-17)10-2-1-6-20-9-10/h3,6-11,13-15H,4-5,12H2,1-2H3,(H,28,29,30);1-9H,(H2,21,22,23,24). The molecule has 8 rings (SSSR count). The van der Waals surface area contributed by atoms with Crippen molar-refractivity contribution in [1.82, 2.24) is 39.8 Å². The van der Waals surface area contributed by atoms with Crippen LogP contribution in [0.1, 0.15) is 12.0 Å². The van der Waals surface area contributed by atoms with Crippen molar-refractivity contribution in [1.29, 1.82) is 0 Å². The number of hydrogen-bond acceptors (Lipinski definition) is 9. The highest BCUT2D eigenvalue weighted by Gasteiger charge is 2.14. The van der Waals surface area contributed by atoms with Gasteiger partial charge in [0.1, 0.15) is 28.9 Å². The summed E-state index contributed by atoms with van der Waals surface area (Å²) in [6.45, 7) is 1.02. The van der Waals surface area contributed by atoms with Crippen LogP contribution in [0.15, 0.2) is 116 Å². The lowest BCUT2D eigenvalue weighted by molar-refractivity contribution is 0.400. The zero-order chi connectivity index (χ0) is 38.3. The first-order valence-electron chi connectivity index (χ1n) is 17.3. The van der Waals surface area contributed by atoms with Gasteiger partial charge in [-0.2, -0.15) is 0 Å². The van der Waals surface area contributed by atoms with Gasteiger partial charge in [0.2, 0.25) is 0 Å². The van der Waals surface area contributed by atoms with Crippen LogP contribution in [-0.2, 0) is 6.42 Å². The molecule has 0 fully saturated rings. The predicted octanol–water partition coefficient (Wildman–Crippen LogP) is 10.3. The van der Waals surface area contributed by atoms with Crippen LogP contribution in [0.25, 0.3) is 44.7 Å². The third kappa shape index (κ3) is 9.18. The summed E-state index contributed by atoms with van der Waals surface area (Å²) in [5.74, 6) is 1.42. The number of hydrogen-bond donors (Lipinski definition) is 3. The Morgan fingerprint density at radius 3 is 1.84 bits per heavy atom. The van der Waals surface area contributed by atoms with Crippen molar-refractivity contribution >= 4 is 68.1 Å². The van der Waals surface area contributed by atoms with Gasteiger partial charge in [-0.25, -0.2) is 28.7 Å². The van der Waals surface area contributed by atoms with E-state index in [0.29, 0.717) is 40.3 Å². The molecule has 14 heteroatoms. The molecule has 3 aromatic carbocycles. The molecule has 0 radical (unpaired) electrons. The lowest BCUT2D eigenvalue weighted by Gasteiger charge is -2.13. The van der Waals surface area contributed by atoms with E-state index in [-0.39, 0.29) is 10.0 Å². The number of H-pyrrole nitrogens is 1. The molecule has 0 bridgehead atoms. The van der Waals surface area contributed by atoms with Gasteiger partial charge in [-0.3, -0.25) is 9.97 Å². The highest BCUT2D eigenvalue weighted by molar-refractivity contribution is 6.31. The summed E-state index contributed by atoms with van der Waals surface area (Å²) in [6.07, 6.45) is 10.6. The minimum absolute atomic E-state index is 0.0480. The third-order valence-electron chi connectivity index (χ3n) is 8.45. The molecule has 0 aliphatic rings. The van der Waals surface area contributed by atoms with Crippen molar-refractivity contribution in [2.24, 2.45) is 0 Å². The molecule has 0 saturated heterocycles. The Hall–Kier alpha value is -6.08. The second-order valence-electron chi connectivity index (χ2n) is 12.8. The summed E-state index contributed by atoms with van der Waals surface area (Å²) in [7, 11) is 4.15. The minimum atomic E-state index is -0.465. The van der Waals surface area contributed by atoms with Crippen molar-refractivity contribution in [3.63, 3.8) is 0 Å². The average Bonchev–Trinajstić information content (AvgIpc) is 3.68. The molecular formula is C41H34Cl2F2N10. The number of nitrogens with one attached hydrogen (secondary N) is 3. The number of fused-ring (bicyclic) bond motifs is 2. The molecule has 0 atom stereocenters. The molecule has 0 unspecified atom stereocenters. The highest BCUT2D eigenvalue weighted by atomic mass is 35.5. The first kappa shape index (κ1) is 37.2. The van der Waals surface area contributed by atoms with Crippen LogP contribution in [0.5, 0.6) is 0 Å². The van der Waals surface area contributed by atoms with Crippen molar-refractivity contribution in [2.45, 2.75) is 12.8 Å². The van der Waals surface area contributed by atoms with Gasteiger partial charge in [-0.05, 0) is 118 Å². The molecular weight excluding hydrogens is 741 g/mol. The van der Waals surface area contributed by atoms with Gasteiger partial charge in [-0.1, -0.05) is 29.3 Å². The Morgan fingerprint density at radius 1 is 0.673 bits per heavy atom. The summed E-state index contributed by atoms with van der Waals surface area (Å²) >= 11 is 11.8. The number of nitrogens with zero attached hydrogens (tertiary/aromatic N) is 7. The van der Waals surface area contributed by atoms with E-state index >= 15 is 0 Å². The summed E-state index contributed by atoms with van der Waals surface area (Å²) in [6, 6.07) is 24.5. The van der Waals surface area contributed by atoms with E-state index in [1.807, 2.05) is 36.4 Å². The second-order valence-corrected chi connectivity index (χ2v) is 13.6. The molecule has 0 spiro atoms. The molecule has 0 aliphatic carbocycles. The molecule has 0 amide bonds. The molecule has 5 aromatic heterocycles. The van der Waals surface area contributed by atoms with Crippen LogP contribution >= 0.6 is 23.2 Å². The quantitative estimate of drug-likeness (QED) is 0.125. The lowest BCUT2D eigenvalue weighted by Crippen LogP contribution is -2.13. The fourth-order valence-corrected chi connectivity index (χ4v) is 6.09. The van der Waals surface area contributed by atoms with Crippen LogP contribution in [0, 0.1) is 11.6 Å². The van der Waals surface area contributed by atoms with E-state index in [1.54, 1.807) is 49.2 Å². The normalized spacial score (nSPS) is 11.1. The summed E-state index contributed by atoms with van der Waals surface area (Å²) in [5.41, 5.74) is 5.64. The molecule has 55 heavy (non-hydrogen) atoms. The zero-order valence-corrected chi connectivity index (χ0v) is 31.2. The third-order valence-corrected chi connectivity index (χ3v) is 9.03. The molecule has 0 saturated carbocycles. The smallest absolute Gasteiger partial charge is 0.165 e. The van der Waals surface area contributed by atoms with Gasteiger partial charge in [-0.15, -0.1) is 0 Å². The molecule has 10 nitrogen and oxygen atoms in total. The lowest BCUT2D eigenvalue weighted by atomic mass is 10.1. The Labute approximate surface area is 325 Å². The Kier molecular flexibility index (Phi) is 11.5. The van der Waals surface area contributed by atoms with Crippen LogP contribution in [-0.4, -0.2) is 60.4 Å². The molecule has 5 heterocycles. The molecule has 3 N–H and O–H groups in total. The van der Waals surface area contributed by atoms with Gasteiger partial charge in [0.15, 0.2) is 11.6 Å². The van der Waals surface area contributed by atoms with E-state index in [4.69, 9.17) is 33.2 Å². The second kappa shape index (κ2) is 16.9. The molecule has 276 valence electrons. The number of halogens is 4. The monoisotopic (exact) mass is 774 g/mol. The largest absolute Gasteiger partial charge is 0.346 e. The number of anilines is 4. The van der Waals surface area contributed by atoms with Crippen LogP contribution in [0.3, 0.4) is 0 Å². The van der Waals surface area contributed by atoms with E-state index in [9.17, 15) is 8.78 Å². The zero-order valence-electron chi connectivity index (χ0n) is 29.7. The maximum Gasteiger partial charge on any atom is 0.165 e. The SMILES string of the molecule is CN(C)CCCc1ccc2nc(-c3cccnc3)nc(Nc3ccc(F)c(Cl)c3)c2c1.Fc1ccc(Nc2nc(-c3cccnc3)nc3[nH]ccc23)cc1Cl. The van der Waals surface area contributed by atoms with Crippen molar-refractivity contribution in [3.05, 3.63) is 143 Å². The van der Waals surface area contributed by atoms with Crippen LogP contribution in [0.2, 0.25) is 10.0 Å². The number of pyridine rings is 2. The Morgan fingerprint density at radius 2 is 1.27 bits per heavy atom. The van der Waals surface area contributed by atoms with Gasteiger partial charge >= 0.3 is 0 Å². The summed E-state index contributed by atoms with van der Waals surface area (Å²) in [5, 5.41) is 8.29. The summed E-state index contributed by atoms with van der Waals surface area (Å²) in [4.78, 5) is 32.1. The van der Waals surface area contributed by atoms with Gasteiger partial charge in [0.25, 0.3) is 0 Å². The minimum Gasteiger partial charge on any atom is -0.346 e. The topological polar surface area (TPSA) is 120 Å². The number of aromatic nitrogens is 7. The van der Waals surface area contributed by atoms with Gasteiger partial charge < -0.3 is 20.5 Å². The first-order chi connectivity index (χ1) is 26.7. The van der Waals surface area contributed by atoms with E-state index in [1.165, 1.54) is 23.8 Å². The number of aromatic amines is 1. The Bertz CT molecular complexity index is 2570.